The van der Waals surface area contributed by atoms with Gasteiger partial charge in [0.05, 0.1) is 11.7 Å². The molecule has 1 aromatic rings. The first-order valence-corrected chi connectivity index (χ1v) is 7.00. The number of hydrogen-bond donors (Lipinski definition) is 1. The molecule has 0 amide bonds. The van der Waals surface area contributed by atoms with Crippen molar-refractivity contribution in [1.82, 2.24) is 0 Å². The summed E-state index contributed by atoms with van der Waals surface area (Å²) in [7, 11) is 0. The van der Waals surface area contributed by atoms with Gasteiger partial charge in [0.15, 0.2) is 0 Å². The fraction of sp³-hybridized carbons (Fsp3) is 0.600. The second kappa shape index (κ2) is 5.60. The van der Waals surface area contributed by atoms with Gasteiger partial charge in [0.25, 0.3) is 0 Å². The maximum Gasteiger partial charge on any atom is 0.0631 e. The van der Waals surface area contributed by atoms with Crippen LogP contribution in [0.1, 0.15) is 38.7 Å². The molecule has 1 heterocycles. The molecule has 100 valence electrons. The molecule has 2 unspecified atom stereocenters. The zero-order valence-electron chi connectivity index (χ0n) is 11.2. The van der Waals surface area contributed by atoms with Gasteiger partial charge in [-0.15, -0.1) is 0 Å². The number of hydrogen-bond acceptors (Lipinski definition) is 2. The number of benzene rings is 1. The molecular formula is C15H22ClNO. The maximum atomic E-state index is 6.20. The first-order chi connectivity index (χ1) is 8.44. The van der Waals surface area contributed by atoms with E-state index in [-0.39, 0.29) is 11.6 Å². The van der Waals surface area contributed by atoms with Crippen molar-refractivity contribution < 1.29 is 4.74 Å². The predicted molar refractivity (Wildman–Crippen MR) is 75.9 cm³/mol. The van der Waals surface area contributed by atoms with Crippen LogP contribution in [-0.2, 0) is 11.2 Å². The van der Waals surface area contributed by atoms with Crippen molar-refractivity contribution >= 4 is 11.6 Å². The van der Waals surface area contributed by atoms with Crippen LogP contribution in [0.3, 0.4) is 0 Å². The minimum atomic E-state index is 0.0282. The molecule has 1 saturated heterocycles. The SMILES string of the molecule is CC1(C)CCC(CC(N)Cc2cccc(Cl)c2)O1. The number of rotatable bonds is 4. The molecule has 1 aromatic carbocycles. The van der Waals surface area contributed by atoms with Crippen LogP contribution in [0.25, 0.3) is 0 Å². The zero-order valence-corrected chi connectivity index (χ0v) is 11.9. The molecule has 0 saturated carbocycles. The Morgan fingerprint density at radius 1 is 1.50 bits per heavy atom. The van der Waals surface area contributed by atoms with Gasteiger partial charge in [0, 0.05) is 11.1 Å². The molecule has 2 nitrogen and oxygen atoms in total. The lowest BCUT2D eigenvalue weighted by molar-refractivity contribution is -0.0205. The standard InChI is InChI=1S/C15H22ClNO/c1-15(2)7-6-14(18-15)10-13(17)9-11-4-3-5-12(16)8-11/h3-5,8,13-14H,6-7,9-10,17H2,1-2H3. The van der Waals surface area contributed by atoms with Gasteiger partial charge in [-0.3, -0.25) is 0 Å². The van der Waals surface area contributed by atoms with Gasteiger partial charge in [-0.1, -0.05) is 23.7 Å². The van der Waals surface area contributed by atoms with E-state index >= 15 is 0 Å². The molecule has 2 N–H and O–H groups in total. The molecule has 3 heteroatoms. The molecule has 0 aliphatic carbocycles. The van der Waals surface area contributed by atoms with Crippen LogP contribution in [0.4, 0.5) is 0 Å². The molecule has 1 aliphatic rings. The molecule has 2 atom stereocenters. The molecule has 0 spiro atoms. The maximum absolute atomic E-state index is 6.20. The lowest BCUT2D eigenvalue weighted by Crippen LogP contribution is -2.29. The van der Waals surface area contributed by atoms with E-state index in [1.165, 1.54) is 5.56 Å². The summed E-state index contributed by atoms with van der Waals surface area (Å²) in [6, 6.07) is 8.06. The predicted octanol–water partition coefficient (Wildman–Crippen LogP) is 3.56. The van der Waals surface area contributed by atoms with Crippen molar-refractivity contribution in [2.24, 2.45) is 5.73 Å². The second-order valence-electron chi connectivity index (χ2n) is 5.87. The topological polar surface area (TPSA) is 35.2 Å². The van der Waals surface area contributed by atoms with Gasteiger partial charge >= 0.3 is 0 Å². The Kier molecular flexibility index (Phi) is 4.31. The largest absolute Gasteiger partial charge is 0.372 e. The van der Waals surface area contributed by atoms with E-state index in [9.17, 15) is 0 Å². The average Bonchev–Trinajstić information content (AvgIpc) is 2.57. The first-order valence-electron chi connectivity index (χ1n) is 6.62. The smallest absolute Gasteiger partial charge is 0.0631 e. The highest BCUT2D eigenvalue weighted by Crippen LogP contribution is 2.31. The second-order valence-corrected chi connectivity index (χ2v) is 6.30. The summed E-state index contributed by atoms with van der Waals surface area (Å²) in [4.78, 5) is 0. The summed E-state index contributed by atoms with van der Waals surface area (Å²) in [6.07, 6.45) is 4.35. The van der Waals surface area contributed by atoms with E-state index in [0.717, 1.165) is 30.7 Å². The molecule has 0 bridgehead atoms. The van der Waals surface area contributed by atoms with Crippen LogP contribution in [0, 0.1) is 0 Å². The Labute approximate surface area is 114 Å². The zero-order chi connectivity index (χ0) is 13.2. The van der Waals surface area contributed by atoms with Crippen LogP contribution >= 0.6 is 11.6 Å². The van der Waals surface area contributed by atoms with E-state index in [0.29, 0.717) is 6.10 Å². The van der Waals surface area contributed by atoms with Crippen molar-refractivity contribution in [3.05, 3.63) is 34.9 Å². The van der Waals surface area contributed by atoms with Gasteiger partial charge in [0.2, 0.25) is 0 Å². The molecular weight excluding hydrogens is 246 g/mol. The third-order valence-electron chi connectivity index (χ3n) is 3.51. The van der Waals surface area contributed by atoms with Crippen molar-refractivity contribution in [2.75, 3.05) is 0 Å². The fourth-order valence-electron chi connectivity index (χ4n) is 2.63. The van der Waals surface area contributed by atoms with Gasteiger partial charge in [-0.05, 0) is 57.2 Å². The van der Waals surface area contributed by atoms with Crippen LogP contribution in [-0.4, -0.2) is 17.7 Å². The molecule has 0 aromatic heterocycles. The fourth-order valence-corrected chi connectivity index (χ4v) is 2.84. The normalized spacial score (nSPS) is 24.1. The highest BCUT2D eigenvalue weighted by Gasteiger charge is 2.32. The summed E-state index contributed by atoms with van der Waals surface area (Å²) in [5.74, 6) is 0. The lowest BCUT2D eigenvalue weighted by Gasteiger charge is -2.21. The van der Waals surface area contributed by atoms with E-state index < -0.39 is 0 Å². The summed E-state index contributed by atoms with van der Waals surface area (Å²) in [5, 5.41) is 0.776. The van der Waals surface area contributed by atoms with E-state index in [1.807, 2.05) is 18.2 Å². The van der Waals surface area contributed by atoms with E-state index in [4.69, 9.17) is 22.1 Å². The lowest BCUT2D eigenvalue weighted by atomic mass is 9.99. The molecule has 2 rings (SSSR count). The van der Waals surface area contributed by atoms with Gasteiger partial charge in [-0.2, -0.15) is 0 Å². The summed E-state index contributed by atoms with van der Waals surface area (Å²) in [6.45, 7) is 4.30. The number of ether oxygens (including phenoxy) is 1. The van der Waals surface area contributed by atoms with Crippen molar-refractivity contribution in [3.8, 4) is 0 Å². The minimum Gasteiger partial charge on any atom is -0.372 e. The van der Waals surface area contributed by atoms with Crippen LogP contribution in [0.2, 0.25) is 5.02 Å². The Balaban J connectivity index is 1.84. The number of halogens is 1. The van der Waals surface area contributed by atoms with E-state index in [1.54, 1.807) is 0 Å². The molecule has 0 radical (unpaired) electrons. The Morgan fingerprint density at radius 2 is 2.28 bits per heavy atom. The summed E-state index contributed by atoms with van der Waals surface area (Å²) in [5.41, 5.74) is 7.43. The quantitative estimate of drug-likeness (QED) is 0.905. The molecule has 1 aliphatic heterocycles. The van der Waals surface area contributed by atoms with Crippen LogP contribution in [0.15, 0.2) is 24.3 Å². The minimum absolute atomic E-state index is 0.0282. The van der Waals surface area contributed by atoms with Gasteiger partial charge in [0.1, 0.15) is 0 Å². The summed E-state index contributed by atoms with van der Waals surface area (Å²) < 4.78 is 5.97. The molecule has 1 fully saturated rings. The Bertz CT molecular complexity index is 405. The van der Waals surface area contributed by atoms with Crippen LogP contribution < -0.4 is 5.73 Å². The average molecular weight is 268 g/mol. The van der Waals surface area contributed by atoms with Crippen molar-refractivity contribution in [3.63, 3.8) is 0 Å². The van der Waals surface area contributed by atoms with Gasteiger partial charge in [-0.25, -0.2) is 0 Å². The Hall–Kier alpha value is -0.570. The van der Waals surface area contributed by atoms with Gasteiger partial charge < -0.3 is 10.5 Å². The molecule has 18 heavy (non-hydrogen) atoms. The van der Waals surface area contributed by atoms with Crippen LogP contribution in [0.5, 0.6) is 0 Å². The summed E-state index contributed by atoms with van der Waals surface area (Å²) >= 11 is 5.97. The highest BCUT2D eigenvalue weighted by molar-refractivity contribution is 6.30. The van der Waals surface area contributed by atoms with Crippen molar-refractivity contribution in [1.29, 1.82) is 0 Å². The first kappa shape index (κ1) is 13.9. The third kappa shape index (κ3) is 3.98. The van der Waals surface area contributed by atoms with Crippen molar-refractivity contribution in [2.45, 2.75) is 57.3 Å². The third-order valence-corrected chi connectivity index (χ3v) is 3.74. The Morgan fingerprint density at radius 3 is 2.89 bits per heavy atom. The van der Waals surface area contributed by atoms with E-state index in [2.05, 4.69) is 19.9 Å². The number of nitrogens with two attached hydrogens (primary N) is 1. The highest BCUT2D eigenvalue weighted by atomic mass is 35.5. The monoisotopic (exact) mass is 267 g/mol.